The maximum atomic E-state index is 3.47. The van der Waals surface area contributed by atoms with Crippen molar-refractivity contribution >= 4 is 0 Å². The van der Waals surface area contributed by atoms with E-state index in [1.165, 1.54) is 19.4 Å². The molecule has 1 saturated heterocycles. The minimum atomic E-state index is 0.706. The van der Waals surface area contributed by atoms with Gasteiger partial charge in [-0.05, 0) is 32.9 Å². The smallest absolute Gasteiger partial charge is 0.00937 e. The lowest BCUT2D eigenvalue weighted by atomic mass is 10.0. The Balaban J connectivity index is 2.18. The summed E-state index contributed by atoms with van der Waals surface area (Å²) in [6.45, 7) is 6.71. The largest absolute Gasteiger partial charge is 0.314 e. The molecule has 0 aromatic heterocycles. The molecular weight excluding hydrogens is 124 g/mol. The quantitative estimate of drug-likeness (QED) is 0.594. The van der Waals surface area contributed by atoms with Crippen LogP contribution in [0.1, 0.15) is 26.7 Å². The maximum Gasteiger partial charge on any atom is 0.00937 e. The Labute approximate surface area is 63.4 Å². The van der Waals surface area contributed by atoms with E-state index in [9.17, 15) is 0 Å². The van der Waals surface area contributed by atoms with E-state index >= 15 is 0 Å². The molecule has 2 heteroatoms. The molecule has 0 saturated carbocycles. The Morgan fingerprint density at radius 3 is 3.00 bits per heavy atom. The molecule has 2 N–H and O–H groups in total. The van der Waals surface area contributed by atoms with Gasteiger partial charge in [0.2, 0.25) is 0 Å². The van der Waals surface area contributed by atoms with Crippen LogP contribution in [0.2, 0.25) is 0 Å². The SMILES string of the molecule is CCNC1CCNC(C)C1. The first-order chi connectivity index (χ1) is 4.83. The summed E-state index contributed by atoms with van der Waals surface area (Å²) in [5, 5.41) is 6.91. The Kier molecular flexibility index (Phi) is 3.16. The molecule has 0 aromatic carbocycles. The van der Waals surface area contributed by atoms with Gasteiger partial charge in [0, 0.05) is 12.1 Å². The zero-order valence-corrected chi connectivity index (χ0v) is 6.98. The van der Waals surface area contributed by atoms with E-state index < -0.39 is 0 Å². The van der Waals surface area contributed by atoms with Gasteiger partial charge in [-0.1, -0.05) is 6.92 Å². The lowest BCUT2D eigenvalue weighted by molar-refractivity contribution is 0.337. The van der Waals surface area contributed by atoms with E-state index in [1.807, 2.05) is 0 Å². The van der Waals surface area contributed by atoms with Crippen LogP contribution in [0.5, 0.6) is 0 Å². The summed E-state index contributed by atoms with van der Waals surface area (Å²) in [5.74, 6) is 0. The van der Waals surface area contributed by atoms with Crippen LogP contribution in [-0.4, -0.2) is 25.2 Å². The van der Waals surface area contributed by atoms with E-state index in [0.717, 1.165) is 12.6 Å². The van der Waals surface area contributed by atoms with E-state index in [4.69, 9.17) is 0 Å². The van der Waals surface area contributed by atoms with Gasteiger partial charge in [0.15, 0.2) is 0 Å². The molecule has 10 heavy (non-hydrogen) atoms. The van der Waals surface area contributed by atoms with Crippen LogP contribution in [0, 0.1) is 0 Å². The summed E-state index contributed by atoms with van der Waals surface area (Å²) in [6.07, 6.45) is 2.58. The Morgan fingerprint density at radius 2 is 2.40 bits per heavy atom. The molecule has 0 spiro atoms. The van der Waals surface area contributed by atoms with Crippen molar-refractivity contribution in [2.75, 3.05) is 13.1 Å². The van der Waals surface area contributed by atoms with Crippen LogP contribution in [0.4, 0.5) is 0 Å². The molecule has 1 fully saturated rings. The first-order valence-corrected chi connectivity index (χ1v) is 4.29. The molecule has 0 aromatic rings. The highest BCUT2D eigenvalue weighted by Gasteiger charge is 2.16. The minimum absolute atomic E-state index is 0.706. The fourth-order valence-corrected chi connectivity index (χ4v) is 1.61. The summed E-state index contributed by atoms with van der Waals surface area (Å²) >= 11 is 0. The van der Waals surface area contributed by atoms with Crippen LogP contribution >= 0.6 is 0 Å². The average Bonchev–Trinajstić information content (AvgIpc) is 1.88. The summed E-state index contributed by atoms with van der Waals surface area (Å²) in [7, 11) is 0. The zero-order chi connectivity index (χ0) is 7.40. The summed E-state index contributed by atoms with van der Waals surface area (Å²) in [4.78, 5) is 0. The standard InChI is InChI=1S/C8H18N2/c1-3-9-8-4-5-10-7(2)6-8/h7-10H,3-6H2,1-2H3. The van der Waals surface area contributed by atoms with Crippen molar-refractivity contribution in [3.63, 3.8) is 0 Å². The normalized spacial score (nSPS) is 34.2. The third-order valence-electron chi connectivity index (χ3n) is 2.12. The van der Waals surface area contributed by atoms with Crippen molar-refractivity contribution in [1.82, 2.24) is 10.6 Å². The Bertz CT molecular complexity index is 91.3. The number of hydrogen-bond acceptors (Lipinski definition) is 2. The van der Waals surface area contributed by atoms with Crippen molar-refractivity contribution in [3.05, 3.63) is 0 Å². The molecule has 0 aliphatic carbocycles. The van der Waals surface area contributed by atoms with E-state index in [1.54, 1.807) is 0 Å². The lowest BCUT2D eigenvalue weighted by Gasteiger charge is -2.28. The van der Waals surface area contributed by atoms with Gasteiger partial charge in [-0.15, -0.1) is 0 Å². The van der Waals surface area contributed by atoms with Crippen molar-refractivity contribution in [1.29, 1.82) is 0 Å². The molecular formula is C8H18N2. The molecule has 0 bridgehead atoms. The highest BCUT2D eigenvalue weighted by Crippen LogP contribution is 2.06. The average molecular weight is 142 g/mol. The highest BCUT2D eigenvalue weighted by atomic mass is 15.0. The Hall–Kier alpha value is -0.0800. The van der Waals surface area contributed by atoms with Gasteiger partial charge in [0.25, 0.3) is 0 Å². The first kappa shape index (κ1) is 8.02. The first-order valence-electron chi connectivity index (χ1n) is 4.29. The molecule has 1 aliphatic rings. The Morgan fingerprint density at radius 1 is 1.60 bits per heavy atom. The van der Waals surface area contributed by atoms with E-state index in [2.05, 4.69) is 24.5 Å². The van der Waals surface area contributed by atoms with Gasteiger partial charge >= 0.3 is 0 Å². The summed E-state index contributed by atoms with van der Waals surface area (Å²) in [6, 6.07) is 1.47. The van der Waals surface area contributed by atoms with Crippen molar-refractivity contribution in [3.8, 4) is 0 Å². The van der Waals surface area contributed by atoms with Crippen LogP contribution in [0.3, 0.4) is 0 Å². The van der Waals surface area contributed by atoms with Crippen LogP contribution in [-0.2, 0) is 0 Å². The second kappa shape index (κ2) is 3.94. The molecule has 1 rings (SSSR count). The highest BCUT2D eigenvalue weighted by molar-refractivity contribution is 4.79. The van der Waals surface area contributed by atoms with Crippen molar-refractivity contribution < 1.29 is 0 Å². The third kappa shape index (κ3) is 2.27. The third-order valence-corrected chi connectivity index (χ3v) is 2.12. The van der Waals surface area contributed by atoms with Gasteiger partial charge in [0.1, 0.15) is 0 Å². The van der Waals surface area contributed by atoms with E-state index in [0.29, 0.717) is 6.04 Å². The van der Waals surface area contributed by atoms with Gasteiger partial charge in [0.05, 0.1) is 0 Å². The van der Waals surface area contributed by atoms with Gasteiger partial charge in [-0.3, -0.25) is 0 Å². The number of hydrogen-bond donors (Lipinski definition) is 2. The van der Waals surface area contributed by atoms with Crippen molar-refractivity contribution in [2.45, 2.75) is 38.8 Å². The van der Waals surface area contributed by atoms with Crippen LogP contribution < -0.4 is 10.6 Å². The molecule has 60 valence electrons. The molecule has 0 amide bonds. The fraction of sp³-hybridized carbons (Fsp3) is 1.00. The number of rotatable bonds is 2. The molecule has 1 heterocycles. The van der Waals surface area contributed by atoms with Gasteiger partial charge in [-0.2, -0.15) is 0 Å². The number of nitrogens with one attached hydrogen (secondary N) is 2. The fourth-order valence-electron chi connectivity index (χ4n) is 1.61. The molecule has 2 nitrogen and oxygen atoms in total. The number of piperidine rings is 1. The van der Waals surface area contributed by atoms with Crippen LogP contribution in [0.25, 0.3) is 0 Å². The summed E-state index contributed by atoms with van der Waals surface area (Å²) in [5.41, 5.74) is 0. The van der Waals surface area contributed by atoms with Gasteiger partial charge < -0.3 is 10.6 Å². The topological polar surface area (TPSA) is 24.1 Å². The molecule has 0 radical (unpaired) electrons. The maximum absolute atomic E-state index is 3.47. The predicted molar refractivity (Wildman–Crippen MR) is 44.2 cm³/mol. The predicted octanol–water partition coefficient (Wildman–Crippen LogP) is 0.736. The van der Waals surface area contributed by atoms with Crippen molar-refractivity contribution in [2.24, 2.45) is 0 Å². The molecule has 1 aliphatic heterocycles. The molecule has 2 atom stereocenters. The second-order valence-corrected chi connectivity index (χ2v) is 3.13. The summed E-state index contributed by atoms with van der Waals surface area (Å²) < 4.78 is 0. The van der Waals surface area contributed by atoms with Crippen LogP contribution in [0.15, 0.2) is 0 Å². The van der Waals surface area contributed by atoms with E-state index in [-0.39, 0.29) is 0 Å². The lowest BCUT2D eigenvalue weighted by Crippen LogP contribution is -2.44. The monoisotopic (exact) mass is 142 g/mol. The van der Waals surface area contributed by atoms with Gasteiger partial charge in [-0.25, -0.2) is 0 Å². The minimum Gasteiger partial charge on any atom is -0.314 e. The molecule has 2 unspecified atom stereocenters. The zero-order valence-electron chi connectivity index (χ0n) is 6.98. The second-order valence-electron chi connectivity index (χ2n) is 3.13.